The highest BCUT2D eigenvalue weighted by Gasteiger charge is 2.17. The van der Waals surface area contributed by atoms with Gasteiger partial charge in [-0.25, -0.2) is 4.98 Å². The largest absolute Gasteiger partial charge is 0.456 e. The lowest BCUT2D eigenvalue weighted by Crippen LogP contribution is -2.36. The summed E-state index contributed by atoms with van der Waals surface area (Å²) in [5.41, 5.74) is 2.50. The number of hydrogen-bond donors (Lipinski definition) is 0. The molecule has 0 aliphatic carbocycles. The van der Waals surface area contributed by atoms with E-state index >= 15 is 0 Å². The van der Waals surface area contributed by atoms with Crippen LogP contribution in [0.2, 0.25) is 0 Å². The molecule has 0 saturated carbocycles. The van der Waals surface area contributed by atoms with Gasteiger partial charge in [-0.15, -0.1) is 0 Å². The van der Waals surface area contributed by atoms with Gasteiger partial charge in [-0.1, -0.05) is 42.5 Å². The quantitative estimate of drug-likeness (QED) is 0.361. The first-order chi connectivity index (χ1) is 17.5. The van der Waals surface area contributed by atoms with Crippen LogP contribution < -0.4 is 5.56 Å². The van der Waals surface area contributed by atoms with Gasteiger partial charge < -0.3 is 14.2 Å². The summed E-state index contributed by atoms with van der Waals surface area (Å²) in [4.78, 5) is 43.7. The van der Waals surface area contributed by atoms with Crippen molar-refractivity contribution >= 4 is 22.9 Å². The minimum atomic E-state index is -0.630. The Bertz CT molecular complexity index is 1320. The fourth-order valence-corrected chi connectivity index (χ4v) is 3.77. The van der Waals surface area contributed by atoms with E-state index < -0.39 is 18.5 Å². The van der Waals surface area contributed by atoms with Crippen LogP contribution in [0.3, 0.4) is 0 Å². The minimum absolute atomic E-state index is 0.0780. The van der Waals surface area contributed by atoms with Gasteiger partial charge in [0.1, 0.15) is 5.69 Å². The normalized spacial score (nSPS) is 10.4. The molecule has 0 unspecified atom stereocenters. The zero-order chi connectivity index (χ0) is 25.8. The molecule has 0 aliphatic rings. The minimum Gasteiger partial charge on any atom is -0.456 e. The molecule has 0 bridgehead atoms. The number of benzene rings is 2. The number of aryl methyl sites for hydroxylation is 3. The van der Waals surface area contributed by atoms with Gasteiger partial charge in [0.15, 0.2) is 6.61 Å². The van der Waals surface area contributed by atoms with E-state index in [9.17, 15) is 14.4 Å². The molecule has 184 valence electrons. The van der Waals surface area contributed by atoms with Crippen molar-refractivity contribution in [1.82, 2.24) is 14.5 Å². The van der Waals surface area contributed by atoms with Crippen molar-refractivity contribution in [3.8, 4) is 12.1 Å². The molecule has 1 aromatic heterocycles. The highest BCUT2D eigenvalue weighted by Crippen LogP contribution is 2.12. The summed E-state index contributed by atoms with van der Waals surface area (Å²) in [6.07, 6.45) is 0.884. The first kappa shape index (κ1) is 26.1. The number of rotatable bonds is 12. The van der Waals surface area contributed by atoms with Crippen LogP contribution in [0.25, 0.3) is 11.0 Å². The van der Waals surface area contributed by atoms with E-state index in [0.717, 1.165) is 11.1 Å². The first-order valence-electron chi connectivity index (χ1n) is 11.7. The van der Waals surface area contributed by atoms with Crippen molar-refractivity contribution in [3.63, 3.8) is 0 Å². The molecule has 0 N–H and O–H groups in total. The summed E-state index contributed by atoms with van der Waals surface area (Å²) in [5, 5.41) is 17.5. The van der Waals surface area contributed by atoms with Crippen LogP contribution in [0.5, 0.6) is 0 Å². The molecule has 0 saturated heterocycles. The number of amides is 1. The van der Waals surface area contributed by atoms with Crippen LogP contribution >= 0.6 is 0 Å². The summed E-state index contributed by atoms with van der Waals surface area (Å²) in [7, 11) is 0. The lowest BCUT2D eigenvalue weighted by Gasteiger charge is -2.20. The number of nitrogens with zero attached hydrogens (tertiary/aromatic N) is 5. The molecule has 1 amide bonds. The molecule has 9 heteroatoms. The van der Waals surface area contributed by atoms with Gasteiger partial charge in [0, 0.05) is 26.1 Å². The molecule has 1 heterocycles. The van der Waals surface area contributed by atoms with Gasteiger partial charge in [-0.2, -0.15) is 10.5 Å². The van der Waals surface area contributed by atoms with E-state index in [0.29, 0.717) is 18.5 Å². The zero-order valence-electron chi connectivity index (χ0n) is 19.9. The molecule has 2 aromatic carbocycles. The van der Waals surface area contributed by atoms with Crippen LogP contribution in [-0.4, -0.2) is 46.0 Å². The number of aromatic nitrogens is 2. The maximum atomic E-state index is 13.2. The molecule has 36 heavy (non-hydrogen) atoms. The van der Waals surface area contributed by atoms with Crippen LogP contribution in [0.15, 0.2) is 59.4 Å². The molecule has 9 nitrogen and oxygen atoms in total. The van der Waals surface area contributed by atoms with Gasteiger partial charge in [0.2, 0.25) is 0 Å². The van der Waals surface area contributed by atoms with Crippen LogP contribution in [0, 0.1) is 22.7 Å². The number of carbonyl (C=O) groups is 2. The van der Waals surface area contributed by atoms with Crippen molar-refractivity contribution in [2.45, 2.75) is 38.6 Å². The lowest BCUT2D eigenvalue weighted by molar-refractivity contribution is -0.152. The highest BCUT2D eigenvalue weighted by atomic mass is 16.5. The average Bonchev–Trinajstić information content (AvgIpc) is 2.90. The Kier molecular flexibility index (Phi) is 9.72. The number of para-hydroxylation sites is 2. The fraction of sp³-hybridized carbons (Fsp3) is 0.333. The van der Waals surface area contributed by atoms with Gasteiger partial charge in [-0.3, -0.25) is 14.4 Å². The lowest BCUT2D eigenvalue weighted by atomic mass is 10.1. The summed E-state index contributed by atoms with van der Waals surface area (Å²) in [6.45, 7) is 0.317. The molecule has 3 rings (SSSR count). The Labute approximate surface area is 209 Å². The van der Waals surface area contributed by atoms with Crippen LogP contribution in [-0.2, 0) is 33.7 Å². The summed E-state index contributed by atoms with van der Waals surface area (Å²) in [5.74, 6) is -1.10. The summed E-state index contributed by atoms with van der Waals surface area (Å²) >= 11 is 0. The SMILES string of the molecule is N#CCCN(CCC#N)C(=O)COC(=O)CCc1nc2ccccc2n(CCc2ccccc2)c1=O. The number of hydrogen-bond acceptors (Lipinski definition) is 7. The molecular weight excluding hydrogens is 458 g/mol. The van der Waals surface area contributed by atoms with Gasteiger partial charge in [-0.05, 0) is 24.1 Å². The zero-order valence-corrected chi connectivity index (χ0v) is 19.9. The van der Waals surface area contributed by atoms with E-state index in [1.165, 1.54) is 4.90 Å². The number of fused-ring (bicyclic) bond motifs is 1. The third-order valence-electron chi connectivity index (χ3n) is 5.65. The topological polar surface area (TPSA) is 129 Å². The molecule has 3 aromatic rings. The molecule has 0 fully saturated rings. The van der Waals surface area contributed by atoms with E-state index in [4.69, 9.17) is 15.3 Å². The third-order valence-corrected chi connectivity index (χ3v) is 5.65. The van der Waals surface area contributed by atoms with Crippen LogP contribution in [0.4, 0.5) is 0 Å². The van der Waals surface area contributed by atoms with Crippen molar-refractivity contribution < 1.29 is 14.3 Å². The third kappa shape index (κ3) is 7.25. The van der Waals surface area contributed by atoms with E-state index in [-0.39, 0.29) is 50.0 Å². The molecule has 0 atom stereocenters. The molecule has 0 radical (unpaired) electrons. The smallest absolute Gasteiger partial charge is 0.306 e. The van der Waals surface area contributed by atoms with E-state index in [2.05, 4.69) is 4.98 Å². The molecular formula is C27H27N5O4. The highest BCUT2D eigenvalue weighted by molar-refractivity contribution is 5.80. The first-order valence-corrected chi connectivity index (χ1v) is 11.7. The van der Waals surface area contributed by atoms with Gasteiger partial charge in [0.05, 0.1) is 42.4 Å². The predicted octanol–water partition coefficient (Wildman–Crippen LogP) is 2.77. The summed E-state index contributed by atoms with van der Waals surface area (Å²) in [6, 6.07) is 21.1. The number of esters is 1. The average molecular weight is 486 g/mol. The maximum absolute atomic E-state index is 13.2. The second kappa shape index (κ2) is 13.4. The van der Waals surface area contributed by atoms with Crippen molar-refractivity contribution in [2.75, 3.05) is 19.7 Å². The standard InChI is InChI=1S/C27H27N5O4/c28-15-6-17-31(18-7-16-29)25(33)20-36-26(34)13-12-23-27(35)32(19-14-21-8-2-1-3-9-21)24-11-5-4-10-22(24)30-23/h1-5,8-11H,6-7,12-14,17-20H2. The van der Waals surface area contributed by atoms with E-state index in [1.54, 1.807) is 4.57 Å². The van der Waals surface area contributed by atoms with Crippen molar-refractivity contribution in [2.24, 2.45) is 0 Å². The fourth-order valence-electron chi connectivity index (χ4n) is 3.77. The second-order valence-electron chi connectivity index (χ2n) is 8.10. The Balaban J connectivity index is 1.65. The maximum Gasteiger partial charge on any atom is 0.306 e. The monoisotopic (exact) mass is 485 g/mol. The molecule has 0 spiro atoms. The van der Waals surface area contributed by atoms with Crippen LogP contribution in [0.1, 0.15) is 30.5 Å². The second-order valence-corrected chi connectivity index (χ2v) is 8.10. The molecule has 0 aliphatic heterocycles. The predicted molar refractivity (Wildman–Crippen MR) is 132 cm³/mol. The Morgan fingerprint density at radius 3 is 2.31 bits per heavy atom. The Hall–Kier alpha value is -4.50. The summed E-state index contributed by atoms with van der Waals surface area (Å²) < 4.78 is 6.78. The van der Waals surface area contributed by atoms with Gasteiger partial charge in [0.25, 0.3) is 11.5 Å². The number of nitriles is 2. The van der Waals surface area contributed by atoms with Crippen molar-refractivity contribution in [1.29, 1.82) is 10.5 Å². The number of ether oxygens (including phenoxy) is 1. The van der Waals surface area contributed by atoms with E-state index in [1.807, 2.05) is 66.7 Å². The van der Waals surface area contributed by atoms with Crippen molar-refractivity contribution in [3.05, 3.63) is 76.2 Å². The van der Waals surface area contributed by atoms with Gasteiger partial charge >= 0.3 is 5.97 Å². The Morgan fingerprint density at radius 2 is 1.61 bits per heavy atom. The number of carbonyl (C=O) groups excluding carboxylic acids is 2. The Morgan fingerprint density at radius 1 is 0.944 bits per heavy atom.